The number of methoxy groups -OCH3 is 2. The molecule has 0 aliphatic carbocycles. The molecule has 1 fully saturated rings. The van der Waals surface area contributed by atoms with Gasteiger partial charge in [-0.2, -0.15) is 0 Å². The van der Waals surface area contributed by atoms with Crippen LogP contribution in [0.1, 0.15) is 29.2 Å². The van der Waals surface area contributed by atoms with Crippen molar-refractivity contribution >= 4 is 5.91 Å². The Bertz CT molecular complexity index is 777. The fourth-order valence-corrected chi connectivity index (χ4v) is 3.25. The molecule has 1 amide bonds. The molecule has 27 heavy (non-hydrogen) atoms. The van der Waals surface area contributed by atoms with Gasteiger partial charge in [0.1, 0.15) is 17.5 Å². The largest absolute Gasteiger partial charge is 0.497 e. The molecule has 3 rings (SSSR count). The smallest absolute Gasteiger partial charge is 0.238 e. The lowest BCUT2D eigenvalue weighted by molar-refractivity contribution is -0.122. The summed E-state index contributed by atoms with van der Waals surface area (Å²) in [5, 5.41) is 3.01. The summed E-state index contributed by atoms with van der Waals surface area (Å²) in [5.74, 6) is 1.49. The number of hydrazine groups is 1. The summed E-state index contributed by atoms with van der Waals surface area (Å²) in [4.78, 5) is 12.5. The van der Waals surface area contributed by atoms with E-state index in [0.29, 0.717) is 13.0 Å². The van der Waals surface area contributed by atoms with Gasteiger partial charge in [-0.15, -0.1) is 0 Å². The van der Waals surface area contributed by atoms with Crippen molar-refractivity contribution in [3.8, 4) is 11.5 Å². The molecule has 6 heteroatoms. The van der Waals surface area contributed by atoms with Gasteiger partial charge in [0.05, 0.1) is 20.3 Å². The third kappa shape index (κ3) is 4.78. The second kappa shape index (κ2) is 8.88. The zero-order valence-electron chi connectivity index (χ0n) is 16.0. The number of benzene rings is 2. The minimum atomic E-state index is -0.278. The lowest BCUT2D eigenvalue weighted by Crippen LogP contribution is -2.43. The Balaban J connectivity index is 1.52. The van der Waals surface area contributed by atoms with Crippen molar-refractivity contribution in [3.63, 3.8) is 0 Å². The number of carbonyl (C=O) groups is 1. The van der Waals surface area contributed by atoms with Crippen LogP contribution < -0.4 is 25.6 Å². The van der Waals surface area contributed by atoms with E-state index in [2.05, 4.69) is 47.4 Å². The average molecular weight is 369 g/mol. The second-order valence-corrected chi connectivity index (χ2v) is 6.76. The maximum atomic E-state index is 12.5. The molecule has 0 spiro atoms. The van der Waals surface area contributed by atoms with Crippen LogP contribution in [-0.2, 0) is 11.2 Å². The first-order valence-electron chi connectivity index (χ1n) is 9.17. The number of ether oxygens (including phenoxy) is 2. The van der Waals surface area contributed by atoms with Crippen LogP contribution in [0.4, 0.5) is 0 Å². The Labute approximate surface area is 160 Å². The van der Waals surface area contributed by atoms with Crippen molar-refractivity contribution in [2.24, 2.45) is 0 Å². The minimum absolute atomic E-state index is 0.00120. The van der Waals surface area contributed by atoms with Crippen LogP contribution in [0.25, 0.3) is 0 Å². The first-order chi connectivity index (χ1) is 13.1. The molecule has 2 aromatic carbocycles. The number of amides is 1. The molecule has 1 saturated heterocycles. The Kier molecular flexibility index (Phi) is 6.32. The van der Waals surface area contributed by atoms with E-state index in [9.17, 15) is 4.79 Å². The van der Waals surface area contributed by atoms with Crippen molar-refractivity contribution in [2.75, 3.05) is 20.8 Å². The van der Waals surface area contributed by atoms with Gasteiger partial charge in [0.15, 0.2) is 0 Å². The molecule has 2 aromatic rings. The normalized spacial score (nSPS) is 18.9. The zero-order valence-corrected chi connectivity index (χ0v) is 16.0. The number of nitrogens with one attached hydrogen (secondary N) is 3. The molecular weight excluding hydrogens is 342 g/mol. The summed E-state index contributed by atoms with van der Waals surface area (Å²) < 4.78 is 10.7. The van der Waals surface area contributed by atoms with Gasteiger partial charge in [-0.1, -0.05) is 35.9 Å². The van der Waals surface area contributed by atoms with Gasteiger partial charge in [0.25, 0.3) is 0 Å². The predicted octanol–water partition coefficient (Wildman–Crippen LogP) is 2.28. The third-order valence-electron chi connectivity index (χ3n) is 4.87. The van der Waals surface area contributed by atoms with Crippen molar-refractivity contribution in [2.45, 2.75) is 31.8 Å². The van der Waals surface area contributed by atoms with Crippen LogP contribution in [0.2, 0.25) is 0 Å². The summed E-state index contributed by atoms with van der Waals surface area (Å²) in [5.41, 5.74) is 9.75. The van der Waals surface area contributed by atoms with Crippen LogP contribution in [0, 0.1) is 6.92 Å². The van der Waals surface area contributed by atoms with E-state index in [0.717, 1.165) is 23.5 Å². The lowest BCUT2D eigenvalue weighted by atomic mass is 10.0. The van der Waals surface area contributed by atoms with Crippen LogP contribution >= 0.6 is 0 Å². The maximum absolute atomic E-state index is 12.5. The van der Waals surface area contributed by atoms with E-state index in [1.54, 1.807) is 14.2 Å². The first kappa shape index (κ1) is 19.2. The summed E-state index contributed by atoms with van der Waals surface area (Å²) >= 11 is 0. The van der Waals surface area contributed by atoms with Gasteiger partial charge in [-0.3, -0.25) is 4.79 Å². The fourth-order valence-electron chi connectivity index (χ4n) is 3.25. The number of hydrogen-bond donors (Lipinski definition) is 3. The van der Waals surface area contributed by atoms with Gasteiger partial charge in [-0.25, -0.2) is 10.9 Å². The highest BCUT2D eigenvalue weighted by molar-refractivity contribution is 5.82. The summed E-state index contributed by atoms with van der Waals surface area (Å²) in [6, 6.07) is 13.8. The fraction of sp³-hybridized carbons (Fsp3) is 0.381. The Morgan fingerprint density at radius 2 is 1.89 bits per heavy atom. The topological polar surface area (TPSA) is 71.6 Å². The van der Waals surface area contributed by atoms with Crippen LogP contribution in [0.15, 0.2) is 42.5 Å². The monoisotopic (exact) mass is 369 g/mol. The molecule has 1 aliphatic heterocycles. The standard InChI is InChI=1S/C21H27N3O3/c1-14-4-6-15(7-5-14)10-11-22-21(25)19-13-18(23-24-19)17-9-8-16(26-2)12-20(17)27-3/h4-9,12,18-19,23-24H,10-11,13H2,1-3H3,(H,22,25). The lowest BCUT2D eigenvalue weighted by Gasteiger charge is -2.15. The summed E-state index contributed by atoms with van der Waals surface area (Å²) in [6.07, 6.45) is 1.47. The van der Waals surface area contributed by atoms with E-state index in [1.807, 2.05) is 18.2 Å². The zero-order chi connectivity index (χ0) is 19.2. The van der Waals surface area contributed by atoms with E-state index in [4.69, 9.17) is 9.47 Å². The SMILES string of the molecule is COc1ccc(C2CC(C(=O)NCCc3ccc(C)cc3)NN2)c(OC)c1. The highest BCUT2D eigenvalue weighted by Gasteiger charge is 2.31. The molecule has 144 valence electrons. The summed E-state index contributed by atoms with van der Waals surface area (Å²) in [7, 11) is 3.26. The number of carbonyl (C=O) groups excluding carboxylic acids is 1. The van der Waals surface area contributed by atoms with E-state index in [-0.39, 0.29) is 18.0 Å². The third-order valence-corrected chi connectivity index (χ3v) is 4.87. The van der Waals surface area contributed by atoms with Gasteiger partial charge in [0.2, 0.25) is 5.91 Å². The van der Waals surface area contributed by atoms with Gasteiger partial charge in [-0.05, 0) is 31.4 Å². The molecule has 6 nitrogen and oxygen atoms in total. The molecule has 2 atom stereocenters. The molecule has 0 bridgehead atoms. The van der Waals surface area contributed by atoms with Gasteiger partial charge >= 0.3 is 0 Å². The molecule has 0 radical (unpaired) electrons. The average Bonchev–Trinajstić information content (AvgIpc) is 3.19. The Morgan fingerprint density at radius 1 is 1.11 bits per heavy atom. The number of hydrogen-bond acceptors (Lipinski definition) is 5. The molecule has 2 unspecified atom stereocenters. The molecule has 1 aliphatic rings. The van der Waals surface area contributed by atoms with Crippen LogP contribution in [0.5, 0.6) is 11.5 Å². The first-order valence-corrected chi connectivity index (χ1v) is 9.17. The number of rotatable bonds is 7. The highest BCUT2D eigenvalue weighted by Crippen LogP contribution is 2.33. The quantitative estimate of drug-likeness (QED) is 0.698. The molecule has 0 saturated carbocycles. The van der Waals surface area contributed by atoms with Crippen molar-refractivity contribution < 1.29 is 14.3 Å². The minimum Gasteiger partial charge on any atom is -0.497 e. The van der Waals surface area contributed by atoms with E-state index in [1.165, 1.54) is 11.1 Å². The predicted molar refractivity (Wildman–Crippen MR) is 105 cm³/mol. The summed E-state index contributed by atoms with van der Waals surface area (Å²) in [6.45, 7) is 2.69. The van der Waals surface area contributed by atoms with Crippen molar-refractivity contribution in [3.05, 3.63) is 59.2 Å². The van der Waals surface area contributed by atoms with Crippen molar-refractivity contribution in [1.82, 2.24) is 16.2 Å². The molecule has 0 aromatic heterocycles. The maximum Gasteiger partial charge on any atom is 0.238 e. The van der Waals surface area contributed by atoms with E-state index >= 15 is 0 Å². The number of aryl methyl sites for hydroxylation is 1. The van der Waals surface area contributed by atoms with Crippen molar-refractivity contribution in [1.29, 1.82) is 0 Å². The van der Waals surface area contributed by atoms with Gasteiger partial charge in [0, 0.05) is 18.2 Å². The van der Waals surface area contributed by atoms with E-state index < -0.39 is 0 Å². The van der Waals surface area contributed by atoms with Gasteiger partial charge < -0.3 is 14.8 Å². The van der Waals surface area contributed by atoms with Crippen LogP contribution in [0.3, 0.4) is 0 Å². The van der Waals surface area contributed by atoms with Crippen LogP contribution in [-0.4, -0.2) is 32.7 Å². The molecular formula is C21H27N3O3. The Hall–Kier alpha value is -2.57. The highest BCUT2D eigenvalue weighted by atomic mass is 16.5. The molecule has 1 heterocycles. The molecule has 3 N–H and O–H groups in total. The second-order valence-electron chi connectivity index (χ2n) is 6.76. The Morgan fingerprint density at radius 3 is 2.59 bits per heavy atom.